The van der Waals surface area contributed by atoms with E-state index < -0.39 is 14.9 Å². The molecule has 2 aromatic carbocycles. The summed E-state index contributed by atoms with van der Waals surface area (Å²) in [5, 5.41) is 11.1. The van der Waals surface area contributed by atoms with Crippen molar-refractivity contribution < 1.29 is 18.1 Å². The summed E-state index contributed by atoms with van der Waals surface area (Å²) in [5.74, 6) is 0.781. The Kier molecular flexibility index (Phi) is 5.17. The third-order valence-corrected chi connectivity index (χ3v) is 6.11. The number of ether oxygens (including phenoxy) is 1. The lowest BCUT2D eigenvalue weighted by atomic mass is 9.97. The van der Waals surface area contributed by atoms with Crippen molar-refractivity contribution in [2.75, 3.05) is 13.2 Å². The van der Waals surface area contributed by atoms with Crippen molar-refractivity contribution in [2.24, 2.45) is 5.92 Å². The Morgan fingerprint density at radius 2 is 2.08 bits per heavy atom. The number of para-hydroxylation sites is 1. The van der Waals surface area contributed by atoms with E-state index in [0.717, 1.165) is 17.4 Å². The van der Waals surface area contributed by atoms with Crippen LogP contribution in [0.5, 0.6) is 5.75 Å². The largest absolute Gasteiger partial charge is 0.493 e. The van der Waals surface area contributed by atoms with Gasteiger partial charge in [0.2, 0.25) is 10.0 Å². The van der Waals surface area contributed by atoms with Crippen LogP contribution in [0.2, 0.25) is 5.02 Å². The van der Waals surface area contributed by atoms with Gasteiger partial charge in [0, 0.05) is 24.1 Å². The zero-order valence-electron chi connectivity index (χ0n) is 13.9. The van der Waals surface area contributed by atoms with Crippen LogP contribution in [0.25, 0.3) is 0 Å². The standard InChI is InChI=1S/C17H17ClN2O5S/c1-11-15(18)7-14(8-16(11)20(21)22)26(23,24)19-9-12-6-13-4-2-3-5-17(13)25-10-12/h2-5,7-8,12,19H,6,9-10H2,1H3. The maximum absolute atomic E-state index is 12.5. The molecule has 0 spiro atoms. The Balaban J connectivity index is 1.75. The van der Waals surface area contributed by atoms with E-state index in [-0.39, 0.29) is 33.6 Å². The molecule has 9 heteroatoms. The minimum atomic E-state index is -3.93. The quantitative estimate of drug-likeness (QED) is 0.618. The van der Waals surface area contributed by atoms with E-state index in [0.29, 0.717) is 13.0 Å². The number of hydrogen-bond donors (Lipinski definition) is 1. The first-order chi connectivity index (χ1) is 12.3. The summed E-state index contributed by atoms with van der Waals surface area (Å²) in [5.41, 5.74) is 0.928. The van der Waals surface area contributed by atoms with Gasteiger partial charge in [-0.2, -0.15) is 0 Å². The molecule has 0 aromatic heterocycles. The minimum Gasteiger partial charge on any atom is -0.493 e. The van der Waals surface area contributed by atoms with Gasteiger partial charge in [-0.25, -0.2) is 13.1 Å². The number of nitrogens with one attached hydrogen (secondary N) is 1. The van der Waals surface area contributed by atoms with Gasteiger partial charge in [-0.05, 0) is 31.0 Å². The highest BCUT2D eigenvalue weighted by molar-refractivity contribution is 7.89. The van der Waals surface area contributed by atoms with Gasteiger partial charge in [-0.1, -0.05) is 29.8 Å². The van der Waals surface area contributed by atoms with Crippen molar-refractivity contribution in [3.63, 3.8) is 0 Å². The number of fused-ring (bicyclic) bond motifs is 1. The van der Waals surface area contributed by atoms with Gasteiger partial charge in [0.05, 0.1) is 21.4 Å². The second-order valence-electron chi connectivity index (χ2n) is 6.15. The van der Waals surface area contributed by atoms with E-state index in [2.05, 4.69) is 4.72 Å². The fraction of sp³-hybridized carbons (Fsp3) is 0.294. The molecule has 7 nitrogen and oxygen atoms in total. The predicted octanol–water partition coefficient (Wildman–Crippen LogP) is 3.09. The molecule has 1 atom stereocenters. The summed E-state index contributed by atoms with van der Waals surface area (Å²) in [7, 11) is -3.93. The molecule has 138 valence electrons. The first kappa shape index (κ1) is 18.6. The topological polar surface area (TPSA) is 98.5 Å². The number of nitrogens with zero attached hydrogens (tertiary/aromatic N) is 1. The molecule has 0 saturated heterocycles. The van der Waals surface area contributed by atoms with Gasteiger partial charge in [-0.3, -0.25) is 10.1 Å². The smallest absolute Gasteiger partial charge is 0.275 e. The molecule has 3 rings (SSSR count). The maximum atomic E-state index is 12.5. The Labute approximate surface area is 156 Å². The SMILES string of the molecule is Cc1c(Cl)cc(S(=O)(=O)NCC2COc3ccccc3C2)cc1[N+](=O)[O-]. The first-order valence-corrected chi connectivity index (χ1v) is 9.79. The average Bonchev–Trinajstić information content (AvgIpc) is 2.61. The molecule has 1 aliphatic rings. The Morgan fingerprint density at radius 1 is 1.35 bits per heavy atom. The first-order valence-electron chi connectivity index (χ1n) is 7.93. The molecular weight excluding hydrogens is 380 g/mol. The molecule has 2 aromatic rings. The Hall–Kier alpha value is -2.16. The highest BCUT2D eigenvalue weighted by atomic mass is 35.5. The van der Waals surface area contributed by atoms with Crippen LogP contribution >= 0.6 is 11.6 Å². The molecule has 1 aliphatic heterocycles. The van der Waals surface area contributed by atoms with Crippen LogP contribution in [0, 0.1) is 23.0 Å². The van der Waals surface area contributed by atoms with E-state index >= 15 is 0 Å². The fourth-order valence-corrected chi connectivity index (χ4v) is 4.26. The summed E-state index contributed by atoms with van der Waals surface area (Å²) < 4.78 is 33.2. The zero-order valence-corrected chi connectivity index (χ0v) is 15.5. The molecule has 1 unspecified atom stereocenters. The lowest BCUT2D eigenvalue weighted by Crippen LogP contribution is -2.34. The number of rotatable bonds is 5. The predicted molar refractivity (Wildman–Crippen MR) is 97.2 cm³/mol. The van der Waals surface area contributed by atoms with Crippen molar-refractivity contribution >= 4 is 27.3 Å². The second kappa shape index (κ2) is 7.22. The third kappa shape index (κ3) is 3.82. The van der Waals surface area contributed by atoms with Crippen LogP contribution in [0.4, 0.5) is 5.69 Å². The third-order valence-electron chi connectivity index (χ3n) is 4.32. The van der Waals surface area contributed by atoms with Gasteiger partial charge in [0.1, 0.15) is 5.75 Å². The summed E-state index contributed by atoms with van der Waals surface area (Å²) >= 11 is 5.96. The number of benzene rings is 2. The highest BCUT2D eigenvalue weighted by Gasteiger charge is 2.25. The maximum Gasteiger partial charge on any atom is 0.275 e. The van der Waals surface area contributed by atoms with Crippen molar-refractivity contribution in [3.05, 3.63) is 62.7 Å². The molecule has 0 radical (unpaired) electrons. The molecule has 1 N–H and O–H groups in total. The molecule has 0 amide bonds. The second-order valence-corrected chi connectivity index (χ2v) is 8.32. The summed E-state index contributed by atoms with van der Waals surface area (Å²) in [4.78, 5) is 10.2. The Morgan fingerprint density at radius 3 is 2.81 bits per heavy atom. The van der Waals surface area contributed by atoms with E-state index in [1.54, 1.807) is 0 Å². The molecule has 0 bridgehead atoms. The average molecular weight is 397 g/mol. The van der Waals surface area contributed by atoms with Crippen LogP contribution in [0.1, 0.15) is 11.1 Å². The molecule has 26 heavy (non-hydrogen) atoms. The van der Waals surface area contributed by atoms with Crippen molar-refractivity contribution in [2.45, 2.75) is 18.2 Å². The van der Waals surface area contributed by atoms with Gasteiger partial charge in [-0.15, -0.1) is 0 Å². The number of nitro groups is 1. The number of hydrogen-bond acceptors (Lipinski definition) is 5. The molecule has 0 saturated carbocycles. The summed E-state index contributed by atoms with van der Waals surface area (Å²) in [6, 6.07) is 9.86. The van der Waals surface area contributed by atoms with E-state index in [1.807, 2.05) is 24.3 Å². The summed E-state index contributed by atoms with van der Waals surface area (Å²) in [6.45, 7) is 2.03. The van der Waals surface area contributed by atoms with Gasteiger partial charge < -0.3 is 4.74 Å². The fourth-order valence-electron chi connectivity index (χ4n) is 2.82. The normalized spacial score (nSPS) is 16.6. The van der Waals surface area contributed by atoms with E-state index in [4.69, 9.17) is 16.3 Å². The van der Waals surface area contributed by atoms with Crippen LogP contribution < -0.4 is 9.46 Å². The highest BCUT2D eigenvalue weighted by Crippen LogP contribution is 2.30. The number of nitro benzene ring substituents is 1. The van der Waals surface area contributed by atoms with Crippen LogP contribution in [-0.4, -0.2) is 26.5 Å². The lowest BCUT2D eigenvalue weighted by molar-refractivity contribution is -0.385. The number of sulfonamides is 1. The molecular formula is C17H17ClN2O5S. The van der Waals surface area contributed by atoms with E-state index in [9.17, 15) is 18.5 Å². The van der Waals surface area contributed by atoms with Crippen LogP contribution in [-0.2, 0) is 16.4 Å². The van der Waals surface area contributed by atoms with E-state index in [1.165, 1.54) is 13.0 Å². The van der Waals surface area contributed by atoms with Crippen molar-refractivity contribution in [1.29, 1.82) is 0 Å². The molecule has 1 heterocycles. The monoisotopic (exact) mass is 396 g/mol. The van der Waals surface area contributed by atoms with Crippen LogP contribution in [0.3, 0.4) is 0 Å². The van der Waals surface area contributed by atoms with Gasteiger partial charge in [0.15, 0.2) is 0 Å². The van der Waals surface area contributed by atoms with Crippen molar-refractivity contribution in [1.82, 2.24) is 4.72 Å². The van der Waals surface area contributed by atoms with Crippen LogP contribution in [0.15, 0.2) is 41.3 Å². The van der Waals surface area contributed by atoms with Crippen molar-refractivity contribution in [3.8, 4) is 5.75 Å². The Bertz CT molecular complexity index is 962. The molecule has 0 aliphatic carbocycles. The lowest BCUT2D eigenvalue weighted by Gasteiger charge is -2.25. The minimum absolute atomic E-state index is 0.0319. The van der Waals surface area contributed by atoms with Gasteiger partial charge >= 0.3 is 0 Å². The number of halogens is 1. The van der Waals surface area contributed by atoms with Gasteiger partial charge in [0.25, 0.3) is 5.69 Å². The zero-order chi connectivity index (χ0) is 18.9. The summed E-state index contributed by atoms with van der Waals surface area (Å²) in [6.07, 6.45) is 0.688. The molecule has 0 fully saturated rings.